The van der Waals surface area contributed by atoms with Crippen molar-refractivity contribution in [3.63, 3.8) is 0 Å². The predicted octanol–water partition coefficient (Wildman–Crippen LogP) is 5.41. The zero-order valence-corrected chi connectivity index (χ0v) is 18.5. The Morgan fingerprint density at radius 3 is 2.56 bits per heavy atom. The normalized spacial score (nSPS) is 13.7. The number of amides is 1. The van der Waals surface area contributed by atoms with E-state index in [0.717, 1.165) is 36.0 Å². The van der Waals surface area contributed by atoms with Crippen molar-refractivity contribution in [2.24, 2.45) is 4.99 Å². The van der Waals surface area contributed by atoms with E-state index in [-0.39, 0.29) is 6.09 Å². The van der Waals surface area contributed by atoms with Crippen molar-refractivity contribution in [3.05, 3.63) is 22.5 Å². The third-order valence-corrected chi connectivity index (χ3v) is 3.67. The number of nitrogens with one attached hydrogen (secondary N) is 1. The number of halogens is 2. The second-order valence-electron chi connectivity index (χ2n) is 6.69. The number of hydrogen-bond acceptors (Lipinski definition) is 4. The number of ether oxygens (including phenoxy) is 1. The summed E-state index contributed by atoms with van der Waals surface area (Å²) in [5, 5.41) is 3.85. The van der Waals surface area contributed by atoms with Crippen molar-refractivity contribution in [2.45, 2.75) is 59.5 Å². The average molecular weight is 437 g/mol. The quantitative estimate of drug-likeness (QED) is 0.299. The molecule has 0 radical (unpaired) electrons. The van der Waals surface area contributed by atoms with Crippen LogP contribution in [-0.2, 0) is 4.74 Å². The fourth-order valence-corrected chi connectivity index (χ4v) is 2.18. The SMILES string of the molecule is CCC/C=C(NCCCN(C)C(=O)OC(C)(C)C)/C(Br)=C\N=C(/C)Cl. The smallest absolute Gasteiger partial charge is 0.410 e. The van der Waals surface area contributed by atoms with Crippen LogP contribution in [-0.4, -0.2) is 41.9 Å². The van der Waals surface area contributed by atoms with Crippen LogP contribution in [0.15, 0.2) is 27.4 Å². The molecule has 0 aromatic rings. The second kappa shape index (κ2) is 12.4. The van der Waals surface area contributed by atoms with Crippen molar-refractivity contribution >= 4 is 38.8 Å². The van der Waals surface area contributed by atoms with Gasteiger partial charge < -0.3 is 15.0 Å². The molecule has 0 aliphatic carbocycles. The monoisotopic (exact) mass is 435 g/mol. The highest BCUT2D eigenvalue weighted by Gasteiger charge is 2.19. The van der Waals surface area contributed by atoms with Crippen LogP contribution in [0.3, 0.4) is 0 Å². The van der Waals surface area contributed by atoms with Gasteiger partial charge in [-0.25, -0.2) is 9.79 Å². The first-order chi connectivity index (χ1) is 11.6. The molecule has 0 aliphatic rings. The number of rotatable bonds is 9. The number of aliphatic imine (C=N–C) groups is 1. The number of unbranched alkanes of at least 4 members (excludes halogenated alkanes) is 1. The van der Waals surface area contributed by atoms with E-state index in [1.54, 1.807) is 25.1 Å². The number of carbonyl (C=O) groups excluding carboxylic acids is 1. The van der Waals surface area contributed by atoms with E-state index < -0.39 is 5.60 Å². The first-order valence-electron chi connectivity index (χ1n) is 8.51. The molecule has 0 saturated heterocycles. The minimum Gasteiger partial charge on any atom is -0.444 e. The zero-order chi connectivity index (χ0) is 19.5. The van der Waals surface area contributed by atoms with Gasteiger partial charge in [0.05, 0.1) is 4.48 Å². The lowest BCUT2D eigenvalue weighted by Gasteiger charge is -2.24. The summed E-state index contributed by atoms with van der Waals surface area (Å²) >= 11 is 9.28. The van der Waals surface area contributed by atoms with Gasteiger partial charge in [-0.2, -0.15) is 0 Å². The molecule has 0 unspecified atom stereocenters. The molecule has 0 aliphatic heterocycles. The van der Waals surface area contributed by atoms with Crippen LogP contribution in [0, 0.1) is 0 Å². The molecule has 0 fully saturated rings. The molecule has 25 heavy (non-hydrogen) atoms. The maximum atomic E-state index is 11.9. The van der Waals surface area contributed by atoms with Crippen molar-refractivity contribution in [1.82, 2.24) is 10.2 Å². The van der Waals surface area contributed by atoms with Crippen LogP contribution >= 0.6 is 27.5 Å². The highest BCUT2D eigenvalue weighted by atomic mass is 79.9. The van der Waals surface area contributed by atoms with Crippen molar-refractivity contribution in [1.29, 1.82) is 0 Å². The lowest BCUT2D eigenvalue weighted by molar-refractivity contribution is 0.0297. The number of hydrogen-bond donors (Lipinski definition) is 1. The first-order valence-corrected chi connectivity index (χ1v) is 9.68. The van der Waals surface area contributed by atoms with E-state index >= 15 is 0 Å². The zero-order valence-electron chi connectivity index (χ0n) is 16.2. The Kier molecular flexibility index (Phi) is 11.9. The van der Waals surface area contributed by atoms with Gasteiger partial charge in [0.2, 0.25) is 0 Å². The van der Waals surface area contributed by atoms with Gasteiger partial charge in [0.25, 0.3) is 0 Å². The molecule has 0 atom stereocenters. The molecule has 0 spiro atoms. The molecule has 0 rings (SSSR count). The molecule has 0 aromatic heterocycles. The Morgan fingerprint density at radius 2 is 2.04 bits per heavy atom. The lowest BCUT2D eigenvalue weighted by Crippen LogP contribution is -2.35. The predicted molar refractivity (Wildman–Crippen MR) is 110 cm³/mol. The molecule has 1 N–H and O–H groups in total. The maximum Gasteiger partial charge on any atom is 0.410 e. The van der Waals surface area contributed by atoms with E-state index in [9.17, 15) is 4.79 Å². The minimum absolute atomic E-state index is 0.303. The molecular formula is C18H31BrClN3O2. The summed E-state index contributed by atoms with van der Waals surface area (Å²) in [7, 11) is 1.75. The van der Waals surface area contributed by atoms with Crippen LogP contribution in [0.4, 0.5) is 4.79 Å². The van der Waals surface area contributed by atoms with Gasteiger partial charge in [0, 0.05) is 32.0 Å². The van der Waals surface area contributed by atoms with Gasteiger partial charge in [-0.3, -0.25) is 0 Å². The van der Waals surface area contributed by atoms with Crippen LogP contribution in [0.2, 0.25) is 0 Å². The summed E-state index contributed by atoms with van der Waals surface area (Å²) in [6.45, 7) is 10.8. The van der Waals surface area contributed by atoms with Gasteiger partial charge in [0.1, 0.15) is 10.8 Å². The second-order valence-corrected chi connectivity index (χ2v) is 8.09. The van der Waals surface area contributed by atoms with E-state index in [1.165, 1.54) is 0 Å². The van der Waals surface area contributed by atoms with Gasteiger partial charge >= 0.3 is 6.09 Å². The third-order valence-electron chi connectivity index (χ3n) is 2.94. The fourth-order valence-electron chi connectivity index (χ4n) is 1.73. The van der Waals surface area contributed by atoms with Crippen LogP contribution in [0.5, 0.6) is 0 Å². The van der Waals surface area contributed by atoms with Crippen LogP contribution in [0.25, 0.3) is 0 Å². The van der Waals surface area contributed by atoms with E-state index in [2.05, 4.69) is 39.2 Å². The molecule has 144 valence electrons. The van der Waals surface area contributed by atoms with Crippen molar-refractivity contribution in [2.75, 3.05) is 20.1 Å². The standard InChI is InChI=1S/C18H31BrClN3O2/c1-7-8-10-16(15(19)13-22-14(2)20)21-11-9-12-23(6)17(24)25-18(3,4)5/h10,13,21H,7-9,11-12H2,1-6H3/b15-13+,16-10-,22-14+. The number of allylic oxidation sites excluding steroid dienone is 2. The molecule has 7 heteroatoms. The van der Waals surface area contributed by atoms with Gasteiger partial charge in [-0.1, -0.05) is 31.0 Å². The summed E-state index contributed by atoms with van der Waals surface area (Å²) in [6, 6.07) is 0. The van der Waals surface area contributed by atoms with Gasteiger partial charge in [0.15, 0.2) is 0 Å². The largest absolute Gasteiger partial charge is 0.444 e. The van der Waals surface area contributed by atoms with E-state index in [4.69, 9.17) is 16.3 Å². The summed E-state index contributed by atoms with van der Waals surface area (Å²) in [6.07, 6.45) is 6.33. The van der Waals surface area contributed by atoms with Crippen LogP contribution < -0.4 is 5.32 Å². The Morgan fingerprint density at radius 1 is 1.40 bits per heavy atom. The van der Waals surface area contributed by atoms with E-state index in [1.807, 2.05) is 20.8 Å². The maximum absolute atomic E-state index is 11.9. The molecular weight excluding hydrogens is 406 g/mol. The molecule has 5 nitrogen and oxygen atoms in total. The Hall–Kier alpha value is -1.01. The summed E-state index contributed by atoms with van der Waals surface area (Å²) < 4.78 is 6.18. The van der Waals surface area contributed by atoms with Crippen molar-refractivity contribution < 1.29 is 9.53 Å². The van der Waals surface area contributed by atoms with Crippen LogP contribution in [0.1, 0.15) is 53.9 Å². The molecule has 0 saturated carbocycles. The molecule has 0 bridgehead atoms. The van der Waals surface area contributed by atoms with Gasteiger partial charge in [-0.05, 0) is 56.5 Å². The first kappa shape index (κ1) is 24.0. The Balaban J connectivity index is 4.51. The fraction of sp³-hybridized carbons (Fsp3) is 0.667. The topological polar surface area (TPSA) is 53.9 Å². The number of nitrogens with zero attached hydrogens (tertiary/aromatic N) is 2. The molecule has 0 heterocycles. The van der Waals surface area contributed by atoms with E-state index in [0.29, 0.717) is 11.7 Å². The van der Waals surface area contributed by atoms with Gasteiger partial charge in [-0.15, -0.1) is 0 Å². The number of carbonyl (C=O) groups is 1. The minimum atomic E-state index is -0.476. The average Bonchev–Trinajstić information content (AvgIpc) is 2.49. The lowest BCUT2D eigenvalue weighted by atomic mass is 10.2. The summed E-state index contributed by atoms with van der Waals surface area (Å²) in [4.78, 5) is 17.6. The highest BCUT2D eigenvalue weighted by Crippen LogP contribution is 2.16. The van der Waals surface area contributed by atoms with Crippen molar-refractivity contribution in [3.8, 4) is 0 Å². The third kappa shape index (κ3) is 12.9. The Labute approximate surface area is 165 Å². The summed E-state index contributed by atoms with van der Waals surface area (Å²) in [5.74, 6) is 0. The Bertz CT molecular complexity index is 507. The summed E-state index contributed by atoms with van der Waals surface area (Å²) in [5.41, 5.74) is 0.500. The highest BCUT2D eigenvalue weighted by molar-refractivity contribution is 9.12. The molecule has 1 amide bonds. The molecule has 0 aromatic carbocycles.